The largest absolute Gasteiger partial charge is 0.497 e. The first kappa shape index (κ1) is 26.3. The lowest BCUT2D eigenvalue weighted by atomic mass is 10.0. The van der Waals surface area contributed by atoms with Crippen molar-refractivity contribution in [3.05, 3.63) is 59.7 Å². The Morgan fingerprint density at radius 1 is 1.06 bits per heavy atom. The summed E-state index contributed by atoms with van der Waals surface area (Å²) in [6, 6.07) is 14.3. The van der Waals surface area contributed by atoms with E-state index in [2.05, 4.69) is 36.2 Å². The SMILES string of the molecule is CCN(CC)C(CNCC(=O)c1ccc(S(=O)(=O)N2CCOCC2)cc1)c1ccc(OC)cc1. The molecular formula is C25H35N3O5S. The van der Waals surface area contributed by atoms with Crippen molar-refractivity contribution in [1.82, 2.24) is 14.5 Å². The third-order valence-electron chi connectivity index (χ3n) is 6.16. The molecule has 0 saturated carbocycles. The van der Waals surface area contributed by atoms with E-state index < -0.39 is 10.0 Å². The van der Waals surface area contributed by atoms with Gasteiger partial charge in [0, 0.05) is 31.2 Å². The summed E-state index contributed by atoms with van der Waals surface area (Å²) in [7, 11) is -1.92. The number of morpholine rings is 1. The van der Waals surface area contributed by atoms with Gasteiger partial charge in [-0.25, -0.2) is 8.42 Å². The van der Waals surface area contributed by atoms with Crippen LogP contribution in [-0.2, 0) is 14.8 Å². The molecule has 9 heteroatoms. The van der Waals surface area contributed by atoms with E-state index in [9.17, 15) is 13.2 Å². The number of ether oxygens (including phenoxy) is 2. The molecule has 2 aromatic rings. The molecule has 1 aliphatic heterocycles. The molecule has 8 nitrogen and oxygen atoms in total. The molecule has 2 aromatic carbocycles. The van der Waals surface area contributed by atoms with Gasteiger partial charge in [-0.15, -0.1) is 0 Å². The van der Waals surface area contributed by atoms with Gasteiger partial charge in [0.05, 0.1) is 31.8 Å². The standard InChI is InChI=1S/C25H35N3O5S/c1-4-27(5-2)24(20-6-10-22(32-3)11-7-20)18-26-19-25(29)21-8-12-23(13-9-21)34(30,31)28-14-16-33-17-15-28/h6-13,24,26H,4-5,14-19H2,1-3H3. The van der Waals surface area contributed by atoms with Crippen LogP contribution in [0.1, 0.15) is 35.8 Å². The van der Waals surface area contributed by atoms with E-state index in [0.717, 1.165) is 24.4 Å². The highest BCUT2D eigenvalue weighted by Crippen LogP contribution is 2.23. The zero-order chi connectivity index (χ0) is 24.6. The first-order valence-electron chi connectivity index (χ1n) is 11.7. The van der Waals surface area contributed by atoms with Crippen molar-refractivity contribution < 1.29 is 22.7 Å². The number of likely N-dealkylation sites (N-methyl/N-ethyl adjacent to an activating group) is 1. The third kappa shape index (κ3) is 6.43. The topological polar surface area (TPSA) is 88.2 Å². The number of rotatable bonds is 12. The third-order valence-corrected chi connectivity index (χ3v) is 8.07. The molecule has 1 atom stereocenters. The second-order valence-corrected chi connectivity index (χ2v) is 10.0. The molecule has 0 amide bonds. The van der Waals surface area contributed by atoms with Gasteiger partial charge in [-0.2, -0.15) is 4.31 Å². The summed E-state index contributed by atoms with van der Waals surface area (Å²) in [6.07, 6.45) is 0. The molecule has 186 valence electrons. The summed E-state index contributed by atoms with van der Waals surface area (Å²) in [6.45, 7) is 8.29. The van der Waals surface area contributed by atoms with E-state index in [4.69, 9.17) is 9.47 Å². The van der Waals surface area contributed by atoms with Gasteiger partial charge < -0.3 is 14.8 Å². The van der Waals surface area contributed by atoms with Crippen LogP contribution in [0.4, 0.5) is 0 Å². The molecule has 1 fully saturated rings. The molecule has 0 aromatic heterocycles. The Labute approximate surface area is 202 Å². The quantitative estimate of drug-likeness (QED) is 0.459. The van der Waals surface area contributed by atoms with Crippen LogP contribution >= 0.6 is 0 Å². The average Bonchev–Trinajstić information content (AvgIpc) is 2.89. The minimum absolute atomic E-state index is 0.0802. The number of nitrogens with one attached hydrogen (secondary N) is 1. The molecule has 1 N–H and O–H groups in total. The van der Waals surface area contributed by atoms with Gasteiger partial charge in [0.25, 0.3) is 0 Å². The molecule has 3 rings (SSSR count). The van der Waals surface area contributed by atoms with Crippen LogP contribution < -0.4 is 10.1 Å². The predicted molar refractivity (Wildman–Crippen MR) is 132 cm³/mol. The molecule has 0 spiro atoms. The van der Waals surface area contributed by atoms with Crippen LogP contribution in [0.5, 0.6) is 5.75 Å². The summed E-state index contributed by atoms with van der Waals surface area (Å²) in [5.41, 5.74) is 1.64. The highest BCUT2D eigenvalue weighted by molar-refractivity contribution is 7.89. The lowest BCUT2D eigenvalue weighted by Crippen LogP contribution is -2.40. The molecule has 1 aliphatic rings. The van der Waals surface area contributed by atoms with Crippen molar-refractivity contribution in [2.45, 2.75) is 24.8 Å². The van der Waals surface area contributed by atoms with Gasteiger partial charge >= 0.3 is 0 Å². The summed E-state index contributed by atoms with van der Waals surface area (Å²) < 4.78 is 37.5. The lowest BCUT2D eigenvalue weighted by molar-refractivity contribution is 0.0730. The van der Waals surface area contributed by atoms with E-state index in [1.165, 1.54) is 16.4 Å². The van der Waals surface area contributed by atoms with Crippen LogP contribution in [0.2, 0.25) is 0 Å². The highest BCUT2D eigenvalue weighted by atomic mass is 32.2. The molecule has 0 aliphatic carbocycles. The fourth-order valence-electron chi connectivity index (χ4n) is 4.12. The molecule has 34 heavy (non-hydrogen) atoms. The zero-order valence-corrected chi connectivity index (χ0v) is 21.0. The Morgan fingerprint density at radius 2 is 1.68 bits per heavy atom. The molecule has 1 heterocycles. The summed E-state index contributed by atoms with van der Waals surface area (Å²) in [4.78, 5) is 15.3. The van der Waals surface area contributed by atoms with Crippen molar-refractivity contribution in [3.63, 3.8) is 0 Å². The van der Waals surface area contributed by atoms with E-state index in [1.807, 2.05) is 12.1 Å². The van der Waals surface area contributed by atoms with Crippen molar-refractivity contribution in [1.29, 1.82) is 0 Å². The molecular weight excluding hydrogens is 454 g/mol. The number of hydrogen-bond acceptors (Lipinski definition) is 7. The number of hydrogen-bond donors (Lipinski definition) is 1. The second kappa shape index (κ2) is 12.4. The van der Waals surface area contributed by atoms with E-state index in [1.54, 1.807) is 19.2 Å². The van der Waals surface area contributed by atoms with Crippen LogP contribution in [0, 0.1) is 0 Å². The Bertz CT molecular complexity index is 1020. The number of methoxy groups -OCH3 is 1. The van der Waals surface area contributed by atoms with Crippen LogP contribution in [0.3, 0.4) is 0 Å². The van der Waals surface area contributed by atoms with Crippen molar-refractivity contribution >= 4 is 15.8 Å². The van der Waals surface area contributed by atoms with Gasteiger partial charge in [0.15, 0.2) is 5.78 Å². The zero-order valence-electron chi connectivity index (χ0n) is 20.2. The van der Waals surface area contributed by atoms with Crippen LogP contribution in [-0.4, -0.2) is 83.0 Å². The van der Waals surface area contributed by atoms with Crippen molar-refractivity contribution in [2.75, 3.05) is 59.6 Å². The maximum absolute atomic E-state index is 12.8. The van der Waals surface area contributed by atoms with E-state index in [-0.39, 0.29) is 23.3 Å². The fraction of sp³-hybridized carbons (Fsp3) is 0.480. The lowest BCUT2D eigenvalue weighted by Gasteiger charge is -2.30. The Kier molecular flexibility index (Phi) is 9.61. The average molecular weight is 490 g/mol. The number of benzene rings is 2. The maximum Gasteiger partial charge on any atom is 0.243 e. The molecule has 1 saturated heterocycles. The fourth-order valence-corrected chi connectivity index (χ4v) is 5.53. The second-order valence-electron chi connectivity index (χ2n) is 8.11. The van der Waals surface area contributed by atoms with Crippen molar-refractivity contribution in [3.8, 4) is 5.75 Å². The first-order valence-corrected chi connectivity index (χ1v) is 13.1. The molecule has 0 radical (unpaired) electrons. The van der Waals surface area contributed by atoms with Gasteiger partial charge in [0.1, 0.15) is 5.75 Å². The van der Waals surface area contributed by atoms with Gasteiger partial charge in [-0.3, -0.25) is 9.69 Å². The summed E-state index contributed by atoms with van der Waals surface area (Å²) >= 11 is 0. The van der Waals surface area contributed by atoms with E-state index in [0.29, 0.717) is 38.4 Å². The van der Waals surface area contributed by atoms with Gasteiger partial charge in [-0.05, 0) is 42.9 Å². The molecule has 0 bridgehead atoms. The van der Waals surface area contributed by atoms with Gasteiger partial charge in [0.2, 0.25) is 10.0 Å². The normalized spacial score (nSPS) is 15.9. The Balaban J connectivity index is 1.61. The smallest absolute Gasteiger partial charge is 0.243 e. The number of Topliss-reactive ketones (excluding diaryl/α,β-unsaturated/α-hetero) is 1. The number of carbonyl (C=O) groups is 1. The summed E-state index contributed by atoms with van der Waals surface area (Å²) in [5.74, 6) is 0.729. The minimum Gasteiger partial charge on any atom is -0.497 e. The predicted octanol–water partition coefficient (Wildman–Crippen LogP) is 2.57. The van der Waals surface area contributed by atoms with E-state index >= 15 is 0 Å². The highest BCUT2D eigenvalue weighted by Gasteiger charge is 2.26. The minimum atomic E-state index is -3.57. The number of carbonyl (C=O) groups excluding carboxylic acids is 1. The summed E-state index contributed by atoms with van der Waals surface area (Å²) in [5, 5.41) is 3.29. The Morgan fingerprint density at radius 3 is 2.24 bits per heavy atom. The number of sulfonamides is 1. The van der Waals surface area contributed by atoms with Crippen LogP contribution in [0.15, 0.2) is 53.4 Å². The molecule has 1 unspecified atom stereocenters. The number of nitrogens with zero attached hydrogens (tertiary/aromatic N) is 2. The first-order chi connectivity index (χ1) is 16.4. The Hall–Kier alpha value is -2.30. The number of ketones is 1. The monoisotopic (exact) mass is 489 g/mol. The van der Waals surface area contributed by atoms with Crippen molar-refractivity contribution in [2.24, 2.45) is 0 Å². The van der Waals surface area contributed by atoms with Crippen LogP contribution in [0.25, 0.3) is 0 Å². The maximum atomic E-state index is 12.8. The van der Waals surface area contributed by atoms with Gasteiger partial charge in [-0.1, -0.05) is 38.1 Å².